The third-order valence-electron chi connectivity index (χ3n) is 4.99. The fourth-order valence-electron chi connectivity index (χ4n) is 3.24. The number of methoxy groups -OCH3 is 1. The summed E-state index contributed by atoms with van der Waals surface area (Å²) in [5.74, 6) is 0.579. The van der Waals surface area contributed by atoms with Crippen LogP contribution in [-0.2, 0) is 5.67 Å². The van der Waals surface area contributed by atoms with Crippen LogP contribution >= 0.6 is 0 Å². The standard InChI is InChI=1S/C22H21F2N5O2/c1-25-21(30)14-7-9-18(28-17-8-6-13(23)12-26-17)29-20(14)27-16-5-3-4-15(19(16)31-2)22(24)10-11-22/h3-9,12H,10-11H2,1-2H3,(H,25,30)(H2,26,27,28,29). The lowest BCUT2D eigenvalue weighted by Crippen LogP contribution is -2.20. The summed E-state index contributed by atoms with van der Waals surface area (Å²) in [6, 6.07) is 11.1. The maximum atomic E-state index is 14.8. The number of benzene rings is 1. The number of aromatic nitrogens is 2. The molecule has 1 amide bonds. The highest BCUT2D eigenvalue weighted by Crippen LogP contribution is 2.54. The number of halogens is 2. The van der Waals surface area contributed by atoms with E-state index in [4.69, 9.17) is 4.74 Å². The van der Waals surface area contributed by atoms with Crippen LogP contribution in [0.15, 0.2) is 48.7 Å². The normalized spacial score (nSPS) is 13.9. The predicted octanol–water partition coefficient (Wildman–Crippen LogP) is 4.43. The van der Waals surface area contributed by atoms with Crippen molar-refractivity contribution in [3.8, 4) is 5.75 Å². The molecule has 0 bridgehead atoms. The van der Waals surface area contributed by atoms with E-state index in [1.165, 1.54) is 26.3 Å². The second-order valence-corrected chi connectivity index (χ2v) is 7.14. The van der Waals surface area contributed by atoms with E-state index in [1.54, 1.807) is 30.3 Å². The Morgan fingerprint density at radius 2 is 1.87 bits per heavy atom. The zero-order valence-corrected chi connectivity index (χ0v) is 17.0. The van der Waals surface area contributed by atoms with Gasteiger partial charge in [0.2, 0.25) is 0 Å². The average molecular weight is 425 g/mol. The van der Waals surface area contributed by atoms with Gasteiger partial charge < -0.3 is 20.7 Å². The second-order valence-electron chi connectivity index (χ2n) is 7.14. The predicted molar refractivity (Wildman–Crippen MR) is 113 cm³/mol. The van der Waals surface area contributed by atoms with E-state index in [0.29, 0.717) is 41.5 Å². The molecule has 0 spiro atoms. The van der Waals surface area contributed by atoms with Crippen LogP contribution in [0.5, 0.6) is 5.75 Å². The third kappa shape index (κ3) is 4.25. The van der Waals surface area contributed by atoms with Crippen molar-refractivity contribution in [2.75, 3.05) is 24.8 Å². The molecule has 7 nitrogen and oxygen atoms in total. The molecular formula is C22H21F2N5O2. The summed E-state index contributed by atoms with van der Waals surface area (Å²) in [7, 11) is 2.99. The Hall–Kier alpha value is -3.75. The minimum Gasteiger partial charge on any atom is -0.494 e. The van der Waals surface area contributed by atoms with Crippen LogP contribution in [0.4, 0.5) is 31.9 Å². The SMILES string of the molecule is CNC(=O)c1ccc(Nc2ccc(F)cn2)nc1Nc1cccc(C2(F)CC2)c1OC. The first-order valence-corrected chi connectivity index (χ1v) is 9.68. The number of nitrogens with one attached hydrogen (secondary N) is 3. The Morgan fingerprint density at radius 3 is 2.52 bits per heavy atom. The van der Waals surface area contributed by atoms with E-state index >= 15 is 0 Å². The first-order chi connectivity index (χ1) is 14.9. The topological polar surface area (TPSA) is 88.2 Å². The van der Waals surface area contributed by atoms with Gasteiger partial charge in [-0.3, -0.25) is 4.79 Å². The Morgan fingerprint density at radius 1 is 1.10 bits per heavy atom. The van der Waals surface area contributed by atoms with Gasteiger partial charge in [-0.25, -0.2) is 18.7 Å². The Bertz CT molecular complexity index is 1120. The van der Waals surface area contributed by atoms with Gasteiger partial charge in [-0.05, 0) is 43.2 Å². The number of para-hydroxylation sites is 1. The number of hydrogen-bond donors (Lipinski definition) is 3. The monoisotopic (exact) mass is 425 g/mol. The number of pyridine rings is 2. The van der Waals surface area contributed by atoms with Gasteiger partial charge >= 0.3 is 0 Å². The lowest BCUT2D eigenvalue weighted by molar-refractivity contribution is 0.0963. The highest BCUT2D eigenvalue weighted by Gasteiger charge is 2.47. The zero-order chi connectivity index (χ0) is 22.0. The molecule has 0 aliphatic heterocycles. The van der Waals surface area contributed by atoms with Gasteiger partial charge in [0, 0.05) is 12.6 Å². The molecule has 31 heavy (non-hydrogen) atoms. The fraction of sp³-hybridized carbons (Fsp3) is 0.227. The van der Waals surface area contributed by atoms with Gasteiger partial charge in [-0.15, -0.1) is 0 Å². The number of hydrogen-bond acceptors (Lipinski definition) is 6. The molecule has 3 N–H and O–H groups in total. The number of amides is 1. The van der Waals surface area contributed by atoms with E-state index in [-0.39, 0.29) is 17.3 Å². The van der Waals surface area contributed by atoms with Crippen molar-refractivity contribution in [3.63, 3.8) is 0 Å². The summed E-state index contributed by atoms with van der Waals surface area (Å²) < 4.78 is 33.4. The summed E-state index contributed by atoms with van der Waals surface area (Å²) >= 11 is 0. The minimum absolute atomic E-state index is 0.241. The van der Waals surface area contributed by atoms with Crippen LogP contribution in [0, 0.1) is 5.82 Å². The van der Waals surface area contributed by atoms with Crippen molar-refractivity contribution in [3.05, 3.63) is 65.6 Å². The molecule has 1 aliphatic carbocycles. The molecule has 2 aromatic heterocycles. The summed E-state index contributed by atoms with van der Waals surface area (Å²) in [4.78, 5) is 20.8. The molecule has 9 heteroatoms. The lowest BCUT2D eigenvalue weighted by atomic mass is 10.1. The zero-order valence-electron chi connectivity index (χ0n) is 17.0. The van der Waals surface area contributed by atoms with Gasteiger partial charge in [0.25, 0.3) is 5.91 Å². The van der Waals surface area contributed by atoms with Crippen LogP contribution < -0.4 is 20.7 Å². The average Bonchev–Trinajstić information content (AvgIpc) is 3.53. The summed E-state index contributed by atoms with van der Waals surface area (Å²) in [6.07, 6.45) is 1.97. The minimum atomic E-state index is -1.39. The summed E-state index contributed by atoms with van der Waals surface area (Å²) in [5, 5.41) is 8.64. The highest BCUT2D eigenvalue weighted by molar-refractivity contribution is 5.99. The van der Waals surface area contributed by atoms with Crippen molar-refractivity contribution >= 4 is 29.0 Å². The van der Waals surface area contributed by atoms with Crippen LogP contribution in [-0.4, -0.2) is 30.0 Å². The largest absolute Gasteiger partial charge is 0.494 e. The summed E-state index contributed by atoms with van der Waals surface area (Å²) in [6.45, 7) is 0. The quantitative estimate of drug-likeness (QED) is 0.519. The number of carbonyl (C=O) groups excluding carboxylic acids is 1. The Kier molecular flexibility index (Phi) is 5.41. The molecule has 1 fully saturated rings. The maximum absolute atomic E-state index is 14.8. The molecular weight excluding hydrogens is 404 g/mol. The smallest absolute Gasteiger partial charge is 0.254 e. The first kappa shape index (κ1) is 20.5. The molecule has 0 saturated heterocycles. The van der Waals surface area contributed by atoms with E-state index < -0.39 is 11.5 Å². The van der Waals surface area contributed by atoms with E-state index in [1.807, 2.05) is 0 Å². The molecule has 0 atom stereocenters. The fourth-order valence-corrected chi connectivity index (χ4v) is 3.24. The van der Waals surface area contributed by atoms with Crippen molar-refractivity contribution < 1.29 is 18.3 Å². The van der Waals surface area contributed by atoms with Crippen molar-refractivity contribution in [2.24, 2.45) is 0 Å². The molecule has 1 saturated carbocycles. The number of alkyl halides is 1. The maximum Gasteiger partial charge on any atom is 0.254 e. The third-order valence-corrected chi connectivity index (χ3v) is 4.99. The molecule has 0 radical (unpaired) electrons. The summed E-state index contributed by atoms with van der Waals surface area (Å²) in [5.41, 5.74) is -0.156. The van der Waals surface area contributed by atoms with E-state index in [2.05, 4.69) is 25.9 Å². The number of carbonyl (C=O) groups is 1. The van der Waals surface area contributed by atoms with Crippen molar-refractivity contribution in [1.82, 2.24) is 15.3 Å². The van der Waals surface area contributed by atoms with Crippen molar-refractivity contribution in [2.45, 2.75) is 18.5 Å². The molecule has 2 heterocycles. The second kappa shape index (κ2) is 8.17. The van der Waals surface area contributed by atoms with Gasteiger partial charge in [-0.1, -0.05) is 12.1 Å². The Labute approximate surface area is 177 Å². The van der Waals surface area contributed by atoms with E-state index in [0.717, 1.165) is 6.20 Å². The molecule has 1 aromatic carbocycles. The van der Waals surface area contributed by atoms with Crippen LogP contribution in [0.25, 0.3) is 0 Å². The first-order valence-electron chi connectivity index (χ1n) is 9.68. The number of ether oxygens (including phenoxy) is 1. The van der Waals surface area contributed by atoms with Crippen molar-refractivity contribution in [1.29, 1.82) is 0 Å². The van der Waals surface area contributed by atoms with Gasteiger partial charge in [0.05, 0.1) is 24.6 Å². The molecule has 3 aromatic rings. The number of rotatable bonds is 7. The molecule has 0 unspecified atom stereocenters. The molecule has 1 aliphatic rings. The van der Waals surface area contributed by atoms with Crippen LogP contribution in [0.3, 0.4) is 0 Å². The molecule has 4 rings (SSSR count). The number of nitrogens with zero attached hydrogens (tertiary/aromatic N) is 2. The van der Waals surface area contributed by atoms with Crippen LogP contribution in [0.2, 0.25) is 0 Å². The lowest BCUT2D eigenvalue weighted by Gasteiger charge is -2.18. The van der Waals surface area contributed by atoms with Gasteiger partial charge in [0.1, 0.15) is 34.7 Å². The van der Waals surface area contributed by atoms with E-state index in [9.17, 15) is 13.6 Å². The van der Waals surface area contributed by atoms with Gasteiger partial charge in [0.15, 0.2) is 0 Å². The van der Waals surface area contributed by atoms with Crippen LogP contribution in [0.1, 0.15) is 28.8 Å². The molecule has 160 valence electrons. The highest BCUT2D eigenvalue weighted by atomic mass is 19.1. The Balaban J connectivity index is 1.70. The van der Waals surface area contributed by atoms with Gasteiger partial charge in [-0.2, -0.15) is 0 Å². The number of anilines is 4.